The molecule has 0 aromatic carbocycles. The molecule has 7 heteroatoms. The molecule has 2 rings (SSSR count). The molecule has 108 valence electrons. The standard InChI is InChI=1S/C13H19N5OS/c1-5-14-11-6-12(17-13(16-11)20-4)15-7-10-8(2)18-19-9(10)3/h6H,5,7H2,1-4H3,(H2,14,15,16,17). The van der Waals surface area contributed by atoms with E-state index in [0.29, 0.717) is 6.54 Å². The van der Waals surface area contributed by atoms with Gasteiger partial charge >= 0.3 is 0 Å². The summed E-state index contributed by atoms with van der Waals surface area (Å²) in [7, 11) is 0. The van der Waals surface area contributed by atoms with Gasteiger partial charge < -0.3 is 15.2 Å². The Hall–Kier alpha value is -1.76. The second kappa shape index (κ2) is 6.60. The zero-order valence-corrected chi connectivity index (χ0v) is 13.0. The summed E-state index contributed by atoms with van der Waals surface area (Å²) in [5.74, 6) is 2.45. The minimum Gasteiger partial charge on any atom is -0.370 e. The molecule has 0 aliphatic rings. The van der Waals surface area contributed by atoms with Crippen LogP contribution in [-0.4, -0.2) is 27.9 Å². The van der Waals surface area contributed by atoms with Crippen molar-refractivity contribution < 1.29 is 4.52 Å². The minimum atomic E-state index is 0.636. The van der Waals surface area contributed by atoms with Crippen molar-refractivity contribution in [3.8, 4) is 0 Å². The summed E-state index contributed by atoms with van der Waals surface area (Å²) in [4.78, 5) is 8.83. The average Bonchev–Trinajstić information content (AvgIpc) is 2.76. The van der Waals surface area contributed by atoms with Gasteiger partial charge in [0.2, 0.25) is 0 Å². The highest BCUT2D eigenvalue weighted by atomic mass is 32.2. The van der Waals surface area contributed by atoms with Gasteiger partial charge in [-0.1, -0.05) is 16.9 Å². The maximum absolute atomic E-state index is 5.15. The van der Waals surface area contributed by atoms with E-state index in [1.165, 1.54) is 11.8 Å². The van der Waals surface area contributed by atoms with Gasteiger partial charge in [0.05, 0.1) is 5.69 Å². The number of anilines is 2. The normalized spacial score (nSPS) is 10.6. The van der Waals surface area contributed by atoms with Crippen molar-refractivity contribution in [1.82, 2.24) is 15.1 Å². The first-order valence-corrected chi connectivity index (χ1v) is 7.69. The molecular formula is C13H19N5OS. The fourth-order valence-corrected chi connectivity index (χ4v) is 2.19. The summed E-state index contributed by atoms with van der Waals surface area (Å²) in [6.45, 7) is 7.35. The lowest BCUT2D eigenvalue weighted by Crippen LogP contribution is -2.07. The van der Waals surface area contributed by atoms with E-state index in [9.17, 15) is 0 Å². The Balaban J connectivity index is 2.14. The van der Waals surface area contributed by atoms with Crippen LogP contribution in [0.15, 0.2) is 15.7 Å². The molecule has 0 aliphatic carbocycles. The molecule has 0 saturated carbocycles. The molecular weight excluding hydrogens is 274 g/mol. The molecule has 0 unspecified atom stereocenters. The molecule has 0 amide bonds. The number of aryl methyl sites for hydroxylation is 2. The molecule has 0 bridgehead atoms. The number of nitrogens with one attached hydrogen (secondary N) is 2. The highest BCUT2D eigenvalue weighted by molar-refractivity contribution is 7.98. The first-order chi connectivity index (χ1) is 9.63. The van der Waals surface area contributed by atoms with Gasteiger partial charge in [0, 0.05) is 24.7 Å². The second-order valence-electron chi connectivity index (χ2n) is 4.31. The molecule has 0 atom stereocenters. The Morgan fingerprint density at radius 3 is 2.45 bits per heavy atom. The molecule has 0 fully saturated rings. The summed E-state index contributed by atoms with van der Waals surface area (Å²) in [5, 5.41) is 11.2. The van der Waals surface area contributed by atoms with Gasteiger partial charge in [-0.3, -0.25) is 0 Å². The van der Waals surface area contributed by atoms with Crippen LogP contribution in [0.1, 0.15) is 23.9 Å². The minimum absolute atomic E-state index is 0.636. The number of thioether (sulfide) groups is 1. The maximum Gasteiger partial charge on any atom is 0.191 e. The number of nitrogens with zero attached hydrogens (tertiary/aromatic N) is 3. The van der Waals surface area contributed by atoms with Gasteiger partial charge in [-0.25, -0.2) is 9.97 Å². The molecule has 0 spiro atoms. The van der Waals surface area contributed by atoms with E-state index in [2.05, 4.69) is 25.8 Å². The Bertz CT molecular complexity index is 565. The fraction of sp³-hybridized carbons (Fsp3) is 0.462. The molecule has 0 radical (unpaired) electrons. The van der Waals surface area contributed by atoms with Gasteiger partial charge in [0.1, 0.15) is 17.4 Å². The van der Waals surface area contributed by atoms with E-state index in [1.54, 1.807) is 0 Å². The highest BCUT2D eigenvalue weighted by Crippen LogP contribution is 2.19. The zero-order chi connectivity index (χ0) is 14.5. The van der Waals surface area contributed by atoms with Crippen LogP contribution in [0, 0.1) is 13.8 Å². The Morgan fingerprint density at radius 1 is 1.20 bits per heavy atom. The average molecular weight is 293 g/mol. The zero-order valence-electron chi connectivity index (χ0n) is 12.1. The van der Waals surface area contributed by atoms with Gasteiger partial charge in [-0.05, 0) is 27.0 Å². The van der Waals surface area contributed by atoms with Crippen LogP contribution in [-0.2, 0) is 6.54 Å². The summed E-state index contributed by atoms with van der Waals surface area (Å²) >= 11 is 1.52. The molecule has 20 heavy (non-hydrogen) atoms. The van der Waals surface area contributed by atoms with Crippen molar-refractivity contribution in [2.45, 2.75) is 32.5 Å². The lowest BCUT2D eigenvalue weighted by molar-refractivity contribution is 0.392. The third-order valence-electron chi connectivity index (χ3n) is 2.87. The predicted molar refractivity (Wildman–Crippen MR) is 81.3 cm³/mol. The Labute approximate surface area is 122 Å². The topological polar surface area (TPSA) is 75.9 Å². The first-order valence-electron chi connectivity index (χ1n) is 6.46. The number of hydrogen-bond acceptors (Lipinski definition) is 7. The van der Waals surface area contributed by atoms with E-state index >= 15 is 0 Å². The van der Waals surface area contributed by atoms with Crippen LogP contribution in [0.25, 0.3) is 0 Å². The van der Waals surface area contributed by atoms with Gasteiger partial charge in [-0.2, -0.15) is 0 Å². The smallest absolute Gasteiger partial charge is 0.191 e. The lowest BCUT2D eigenvalue weighted by atomic mass is 10.2. The van der Waals surface area contributed by atoms with Crippen molar-refractivity contribution in [2.24, 2.45) is 0 Å². The van der Waals surface area contributed by atoms with Crippen LogP contribution in [0.4, 0.5) is 11.6 Å². The fourth-order valence-electron chi connectivity index (χ4n) is 1.81. The molecule has 2 heterocycles. The molecule has 0 saturated heterocycles. The second-order valence-corrected chi connectivity index (χ2v) is 5.09. The van der Waals surface area contributed by atoms with Crippen LogP contribution in [0.5, 0.6) is 0 Å². The molecule has 6 nitrogen and oxygen atoms in total. The van der Waals surface area contributed by atoms with Gasteiger partial charge in [0.15, 0.2) is 5.16 Å². The monoisotopic (exact) mass is 293 g/mol. The largest absolute Gasteiger partial charge is 0.370 e. The van der Waals surface area contributed by atoms with Crippen LogP contribution >= 0.6 is 11.8 Å². The van der Waals surface area contributed by atoms with E-state index in [4.69, 9.17) is 4.52 Å². The highest BCUT2D eigenvalue weighted by Gasteiger charge is 2.09. The Morgan fingerprint density at radius 2 is 1.90 bits per heavy atom. The Kier molecular flexibility index (Phi) is 4.84. The summed E-state index contributed by atoms with van der Waals surface area (Å²) in [6.07, 6.45) is 1.96. The summed E-state index contributed by atoms with van der Waals surface area (Å²) in [6, 6.07) is 1.90. The molecule has 2 aromatic rings. The van der Waals surface area contributed by atoms with Crippen molar-refractivity contribution in [3.63, 3.8) is 0 Å². The van der Waals surface area contributed by atoms with Crippen LogP contribution in [0.2, 0.25) is 0 Å². The van der Waals surface area contributed by atoms with Crippen LogP contribution in [0.3, 0.4) is 0 Å². The molecule has 2 N–H and O–H groups in total. The number of hydrogen-bond donors (Lipinski definition) is 2. The van der Waals surface area contributed by atoms with E-state index < -0.39 is 0 Å². The summed E-state index contributed by atoms with van der Waals surface area (Å²) < 4.78 is 5.15. The molecule has 2 aromatic heterocycles. The SMILES string of the molecule is CCNc1cc(NCc2c(C)noc2C)nc(SC)n1. The number of aromatic nitrogens is 3. The maximum atomic E-state index is 5.15. The van der Waals surface area contributed by atoms with Gasteiger partial charge in [-0.15, -0.1) is 0 Å². The molecule has 0 aliphatic heterocycles. The van der Waals surface area contributed by atoms with E-state index in [-0.39, 0.29) is 0 Å². The van der Waals surface area contributed by atoms with Crippen molar-refractivity contribution in [3.05, 3.63) is 23.1 Å². The van der Waals surface area contributed by atoms with E-state index in [1.807, 2.05) is 33.1 Å². The summed E-state index contributed by atoms with van der Waals surface area (Å²) in [5.41, 5.74) is 1.97. The lowest BCUT2D eigenvalue weighted by Gasteiger charge is -2.09. The van der Waals surface area contributed by atoms with Gasteiger partial charge in [0.25, 0.3) is 0 Å². The third-order valence-corrected chi connectivity index (χ3v) is 3.42. The third kappa shape index (κ3) is 3.41. The van der Waals surface area contributed by atoms with Crippen molar-refractivity contribution in [2.75, 3.05) is 23.4 Å². The first kappa shape index (κ1) is 14.6. The quantitative estimate of drug-likeness (QED) is 0.626. The van der Waals surface area contributed by atoms with E-state index in [0.717, 1.165) is 40.4 Å². The predicted octanol–water partition coefficient (Wildman–Crippen LogP) is 2.85. The van der Waals surface area contributed by atoms with Crippen LogP contribution < -0.4 is 10.6 Å². The van der Waals surface area contributed by atoms with Crippen molar-refractivity contribution >= 4 is 23.4 Å². The van der Waals surface area contributed by atoms with Crippen molar-refractivity contribution in [1.29, 1.82) is 0 Å². The number of rotatable bonds is 6.